The summed E-state index contributed by atoms with van der Waals surface area (Å²) in [6.45, 7) is 4.80. The Labute approximate surface area is 287 Å². The Morgan fingerprint density at radius 2 is 0.783 bits per heavy atom. The lowest BCUT2D eigenvalue weighted by atomic mass is 10.1. The summed E-state index contributed by atoms with van der Waals surface area (Å²) >= 11 is 3.93. The average molecular weight is 744 g/mol. The first-order valence-electron chi connectivity index (χ1n) is 14.2. The van der Waals surface area contributed by atoms with Crippen molar-refractivity contribution in [2.75, 3.05) is 0 Å². The van der Waals surface area contributed by atoms with Crippen LogP contribution in [0, 0.1) is 20.5 Å². The predicted molar refractivity (Wildman–Crippen MR) is 159 cm³/mol. The smallest absolute Gasteiger partial charge is 0.177 e. The average Bonchev–Trinajstić information content (AvgIpc) is 3.00. The zero-order valence-electron chi connectivity index (χ0n) is 24.9. The van der Waals surface area contributed by atoms with E-state index in [0.29, 0.717) is 10.5 Å². The number of halogens is 2. The van der Waals surface area contributed by atoms with E-state index in [1.54, 1.807) is 19.6 Å². The van der Waals surface area contributed by atoms with E-state index in [1.165, 1.54) is 45.3 Å². The summed E-state index contributed by atoms with van der Waals surface area (Å²) in [4.78, 5) is 12.1. The number of hydrogen-bond donors (Lipinski definition) is 0. The summed E-state index contributed by atoms with van der Waals surface area (Å²) in [5, 5.41) is 1.22. The van der Waals surface area contributed by atoms with E-state index < -0.39 is 20.5 Å². The Hall–Kier alpha value is -1.46. The second kappa shape index (κ2) is 16.8. The molecule has 8 nitrogen and oxygen atoms in total. The standard InChI is InChI=1S/C32H32S4.2ClHO4/c1-3-5-18-32(36-30-21-12-8-16-25(30)34-26-17-9-13-22-31(26)36)27(4-2)35-28-19-10-6-14-23(28)33-24-15-7-11-20-29(24)35;2*2-1(3,4)5/h6-17,19-22,27,32H,3-5,18H2,1-2H3;2*(H,2,3,4,5)/q+2;;/p-2/t27-,32+;;/m0../s1. The quantitative estimate of drug-likeness (QED) is 0.237. The lowest BCUT2D eigenvalue weighted by molar-refractivity contribution is -2.00. The van der Waals surface area contributed by atoms with Crippen LogP contribution < -0.4 is 37.3 Å². The number of hydrogen-bond acceptors (Lipinski definition) is 10. The maximum absolute atomic E-state index is 8.49. The molecule has 2 aliphatic rings. The molecule has 6 rings (SSSR count). The molecule has 0 spiro atoms. The molecule has 0 aliphatic carbocycles. The maximum Gasteiger partial charge on any atom is 0.177 e. The Balaban J connectivity index is 0.000000421. The Morgan fingerprint density at radius 1 is 0.500 bits per heavy atom. The molecule has 2 atom stereocenters. The minimum absolute atomic E-state index is 0.0581. The second-order valence-corrected chi connectivity index (χ2v) is 18.1. The second-order valence-electron chi connectivity index (χ2n) is 10.0. The molecular weight excluding hydrogens is 712 g/mol. The molecule has 0 saturated heterocycles. The molecule has 0 N–H and O–H groups in total. The van der Waals surface area contributed by atoms with Gasteiger partial charge in [0.1, 0.15) is 0 Å². The fourth-order valence-corrected chi connectivity index (χ4v) is 14.9. The third-order valence-electron chi connectivity index (χ3n) is 7.05. The molecule has 46 heavy (non-hydrogen) atoms. The molecule has 2 heterocycles. The highest BCUT2D eigenvalue weighted by atomic mass is 35.7. The molecule has 0 aromatic heterocycles. The van der Waals surface area contributed by atoms with Crippen molar-refractivity contribution in [1.82, 2.24) is 0 Å². The number of benzene rings is 4. The van der Waals surface area contributed by atoms with Gasteiger partial charge in [0.2, 0.25) is 0 Å². The van der Waals surface area contributed by atoms with E-state index in [-0.39, 0.29) is 21.8 Å². The zero-order chi connectivity index (χ0) is 33.5. The highest BCUT2D eigenvalue weighted by Gasteiger charge is 2.54. The van der Waals surface area contributed by atoms with Crippen LogP contribution >= 0.6 is 23.5 Å². The largest absolute Gasteiger partial charge is 0.222 e. The van der Waals surface area contributed by atoms with Crippen molar-refractivity contribution in [2.24, 2.45) is 0 Å². The normalized spacial score (nSPS) is 15.4. The molecule has 4 aromatic rings. The molecule has 0 bridgehead atoms. The van der Waals surface area contributed by atoms with Gasteiger partial charge in [-0.2, -0.15) is 0 Å². The van der Waals surface area contributed by atoms with Gasteiger partial charge in [-0.1, -0.05) is 92.3 Å². The summed E-state index contributed by atoms with van der Waals surface area (Å²) in [5.41, 5.74) is 0. The summed E-state index contributed by atoms with van der Waals surface area (Å²) in [6, 6.07) is 36.9. The maximum atomic E-state index is 8.49. The van der Waals surface area contributed by atoms with E-state index in [1.807, 2.05) is 23.5 Å². The SMILES string of the molecule is CCCC[C@H]([C@H](CC)[S+]1c2ccccc2Sc2ccccc21)[S+]1c2ccccc2Sc2ccccc21.[O-][Cl+3]([O-])([O-])[O-].[O-][Cl+3]([O-])([O-])[O-]. The first-order valence-corrected chi connectivity index (χ1v) is 20.9. The lowest BCUT2D eigenvalue weighted by Crippen LogP contribution is -2.68. The third-order valence-corrected chi connectivity index (χ3v) is 15.8. The fourth-order valence-electron chi connectivity index (χ4n) is 5.43. The molecule has 0 fully saturated rings. The Bertz CT molecular complexity index is 1470. The molecule has 14 heteroatoms. The van der Waals surface area contributed by atoms with Gasteiger partial charge in [0.25, 0.3) is 0 Å². The summed E-state index contributed by atoms with van der Waals surface area (Å²) < 4.78 is 67.9. The van der Waals surface area contributed by atoms with Crippen molar-refractivity contribution < 1.29 is 57.8 Å². The minimum Gasteiger partial charge on any atom is -0.222 e. The molecule has 4 aromatic carbocycles. The van der Waals surface area contributed by atoms with E-state index >= 15 is 0 Å². The van der Waals surface area contributed by atoms with Gasteiger partial charge in [-0.3, -0.25) is 0 Å². The molecule has 2 aliphatic heterocycles. The summed E-state index contributed by atoms with van der Waals surface area (Å²) in [5.74, 6) is 0. The van der Waals surface area contributed by atoms with Crippen LogP contribution in [0.5, 0.6) is 0 Å². The van der Waals surface area contributed by atoms with Crippen LogP contribution in [0.25, 0.3) is 0 Å². The van der Waals surface area contributed by atoms with E-state index in [0.717, 1.165) is 0 Å². The van der Waals surface area contributed by atoms with Crippen LogP contribution in [0.15, 0.2) is 136 Å². The van der Waals surface area contributed by atoms with Crippen molar-refractivity contribution in [3.63, 3.8) is 0 Å². The molecule has 0 amide bonds. The van der Waals surface area contributed by atoms with Gasteiger partial charge in [-0.05, 0) is 61.4 Å². The van der Waals surface area contributed by atoms with Crippen LogP contribution in [0.2, 0.25) is 0 Å². The van der Waals surface area contributed by atoms with Gasteiger partial charge in [0.05, 0.1) is 41.4 Å². The van der Waals surface area contributed by atoms with Crippen molar-refractivity contribution >= 4 is 45.3 Å². The molecule has 0 saturated carbocycles. The first kappa shape index (κ1) is 37.4. The third kappa shape index (κ3) is 10.3. The topological polar surface area (TPSA) is 184 Å². The van der Waals surface area contributed by atoms with Crippen LogP contribution in [0.4, 0.5) is 0 Å². The summed E-state index contributed by atoms with van der Waals surface area (Å²) in [6.07, 6.45) is 5.02. The van der Waals surface area contributed by atoms with Gasteiger partial charge in [-0.15, -0.1) is 20.5 Å². The highest BCUT2D eigenvalue weighted by molar-refractivity contribution is 8.06. The lowest BCUT2D eigenvalue weighted by Gasteiger charge is -2.31. The van der Waals surface area contributed by atoms with E-state index in [4.69, 9.17) is 37.3 Å². The first-order chi connectivity index (χ1) is 21.8. The van der Waals surface area contributed by atoms with Crippen LogP contribution in [-0.2, 0) is 21.8 Å². The molecule has 0 unspecified atom stereocenters. The Kier molecular flexibility index (Phi) is 13.6. The summed E-state index contributed by atoms with van der Waals surface area (Å²) in [7, 11) is -9.77. The fraction of sp³-hybridized carbons (Fsp3) is 0.250. The van der Waals surface area contributed by atoms with Crippen molar-refractivity contribution in [2.45, 2.75) is 89.2 Å². The van der Waals surface area contributed by atoms with Crippen LogP contribution in [-0.4, -0.2) is 10.5 Å². The van der Waals surface area contributed by atoms with Crippen molar-refractivity contribution in [3.05, 3.63) is 97.1 Å². The zero-order valence-corrected chi connectivity index (χ0v) is 29.7. The predicted octanol–water partition coefficient (Wildman–Crippen LogP) is 0.214. The van der Waals surface area contributed by atoms with Crippen LogP contribution in [0.3, 0.4) is 0 Å². The van der Waals surface area contributed by atoms with Gasteiger partial charge in [0.15, 0.2) is 30.1 Å². The molecule has 0 radical (unpaired) electrons. The van der Waals surface area contributed by atoms with Gasteiger partial charge < -0.3 is 0 Å². The number of unbranched alkanes of at least 4 members (excludes halogenated alkanes) is 1. The number of fused-ring (bicyclic) bond motifs is 4. The van der Waals surface area contributed by atoms with Crippen LogP contribution in [0.1, 0.15) is 39.5 Å². The van der Waals surface area contributed by atoms with E-state index in [9.17, 15) is 0 Å². The Morgan fingerprint density at radius 3 is 1.07 bits per heavy atom. The molecular formula is C32H32Cl2O8S4. The van der Waals surface area contributed by atoms with Crippen molar-refractivity contribution in [1.29, 1.82) is 0 Å². The molecule has 246 valence electrons. The monoisotopic (exact) mass is 742 g/mol. The minimum atomic E-state index is -4.94. The van der Waals surface area contributed by atoms with Crippen molar-refractivity contribution in [3.8, 4) is 0 Å². The van der Waals surface area contributed by atoms with Gasteiger partial charge >= 0.3 is 0 Å². The van der Waals surface area contributed by atoms with Gasteiger partial charge in [-0.25, -0.2) is 37.3 Å². The van der Waals surface area contributed by atoms with Gasteiger partial charge in [0, 0.05) is 6.42 Å². The highest BCUT2D eigenvalue weighted by Crippen LogP contribution is 2.53. The number of rotatable bonds is 7. The van der Waals surface area contributed by atoms with E-state index in [2.05, 4.69) is 111 Å².